The first-order valence-electron chi connectivity index (χ1n) is 15.1. The lowest BCUT2D eigenvalue weighted by Gasteiger charge is -2.25. The minimum absolute atomic E-state index is 0.0618. The van der Waals surface area contributed by atoms with E-state index < -0.39 is 29.6 Å². The molecule has 0 unspecified atom stereocenters. The summed E-state index contributed by atoms with van der Waals surface area (Å²) >= 11 is 0. The lowest BCUT2D eigenvalue weighted by Crippen LogP contribution is -2.48. The van der Waals surface area contributed by atoms with E-state index in [-0.39, 0.29) is 24.7 Å². The number of hydrogen-bond donors (Lipinski definition) is 3. The average Bonchev–Trinajstić information content (AvgIpc) is 3.34. The highest BCUT2D eigenvalue weighted by atomic mass is 16.5. The summed E-state index contributed by atoms with van der Waals surface area (Å²) in [5.74, 6) is -1.54. The van der Waals surface area contributed by atoms with Crippen LogP contribution in [0.25, 0.3) is 11.1 Å². The smallest absolute Gasteiger partial charge is 0.407 e. The molecule has 0 aromatic heterocycles. The van der Waals surface area contributed by atoms with Gasteiger partial charge in [-0.05, 0) is 79.1 Å². The number of anilines is 1. The molecule has 0 saturated heterocycles. The molecule has 232 valence electrons. The quantitative estimate of drug-likeness (QED) is 0.172. The molecule has 8 heteroatoms. The van der Waals surface area contributed by atoms with Crippen LogP contribution in [0.4, 0.5) is 10.5 Å². The summed E-state index contributed by atoms with van der Waals surface area (Å²) in [6.07, 6.45) is 0.265. The van der Waals surface area contributed by atoms with Crippen LogP contribution in [0.3, 0.4) is 0 Å². The fourth-order valence-corrected chi connectivity index (χ4v) is 5.59. The van der Waals surface area contributed by atoms with Crippen LogP contribution in [0, 0.1) is 0 Å². The molecule has 0 aliphatic heterocycles. The van der Waals surface area contributed by atoms with Gasteiger partial charge in [0, 0.05) is 11.6 Å². The molecule has 45 heavy (non-hydrogen) atoms. The fraction of sp³-hybridized carbons (Fsp3) is 0.270. The van der Waals surface area contributed by atoms with E-state index in [2.05, 4.69) is 22.8 Å². The maximum absolute atomic E-state index is 13.6. The number of aromatic carboxylic acids is 1. The molecule has 1 aliphatic carbocycles. The summed E-state index contributed by atoms with van der Waals surface area (Å²) in [5.41, 5.74) is 6.28. The van der Waals surface area contributed by atoms with Crippen molar-refractivity contribution in [3.8, 4) is 11.1 Å². The number of fused-ring (bicyclic) bond motifs is 3. The topological polar surface area (TPSA) is 114 Å². The van der Waals surface area contributed by atoms with Gasteiger partial charge in [0.25, 0.3) is 0 Å². The Bertz CT molecular complexity index is 1650. The molecule has 0 fully saturated rings. The number of benzene rings is 4. The molecule has 0 bridgehead atoms. The van der Waals surface area contributed by atoms with Crippen molar-refractivity contribution < 1.29 is 29.0 Å². The number of nitrogens with one attached hydrogen (secondary N) is 2. The summed E-state index contributed by atoms with van der Waals surface area (Å²) in [7, 11) is 0. The van der Waals surface area contributed by atoms with Gasteiger partial charge in [0.1, 0.15) is 12.6 Å². The average molecular weight is 607 g/mol. The highest BCUT2D eigenvalue weighted by molar-refractivity contribution is 5.97. The third kappa shape index (κ3) is 7.77. The summed E-state index contributed by atoms with van der Waals surface area (Å²) in [4.78, 5) is 38.4. The molecule has 5 rings (SSSR count). The highest BCUT2D eigenvalue weighted by Crippen LogP contribution is 2.44. The van der Waals surface area contributed by atoms with Gasteiger partial charge >= 0.3 is 12.1 Å². The van der Waals surface area contributed by atoms with E-state index in [1.807, 2.05) is 81.4 Å². The number of carbonyl (C=O) groups is 3. The zero-order valence-electron chi connectivity index (χ0n) is 25.7. The van der Waals surface area contributed by atoms with E-state index >= 15 is 0 Å². The molecule has 1 aliphatic rings. The lowest BCUT2D eigenvalue weighted by atomic mass is 9.98. The van der Waals surface area contributed by atoms with Gasteiger partial charge in [-0.15, -0.1) is 0 Å². The van der Waals surface area contributed by atoms with Crippen molar-refractivity contribution in [2.75, 3.05) is 18.5 Å². The molecular formula is C37H38N2O6. The second-order valence-corrected chi connectivity index (χ2v) is 12.1. The van der Waals surface area contributed by atoms with E-state index in [0.29, 0.717) is 24.1 Å². The predicted molar refractivity (Wildman–Crippen MR) is 174 cm³/mol. The molecule has 3 N–H and O–H groups in total. The number of alkyl carbamates (subject to hydrolysis) is 1. The maximum atomic E-state index is 13.6. The normalized spacial score (nSPS) is 13.0. The Morgan fingerprint density at radius 1 is 0.778 bits per heavy atom. The Morgan fingerprint density at radius 2 is 1.33 bits per heavy atom. The Morgan fingerprint density at radius 3 is 1.98 bits per heavy atom. The SMILES string of the molecule is CC(C)(C)OC[C@H](NC(=O)OCC1c2ccccc2-c2ccccc21)C(=O)Nc1ccccc1CCc1ccccc1C(=O)O. The highest BCUT2D eigenvalue weighted by Gasteiger charge is 2.30. The molecule has 2 amide bonds. The first kappa shape index (κ1) is 31.5. The second kappa shape index (κ2) is 13.8. The van der Waals surface area contributed by atoms with Gasteiger partial charge in [-0.25, -0.2) is 9.59 Å². The van der Waals surface area contributed by atoms with Crippen LogP contribution in [0.1, 0.15) is 59.3 Å². The number of hydrogen-bond acceptors (Lipinski definition) is 5. The molecule has 8 nitrogen and oxygen atoms in total. The zero-order valence-corrected chi connectivity index (χ0v) is 25.7. The van der Waals surface area contributed by atoms with Crippen molar-refractivity contribution in [1.29, 1.82) is 0 Å². The Balaban J connectivity index is 1.27. The summed E-state index contributed by atoms with van der Waals surface area (Å²) in [6, 6.07) is 29.4. The largest absolute Gasteiger partial charge is 0.478 e. The van der Waals surface area contributed by atoms with Crippen molar-refractivity contribution in [3.63, 3.8) is 0 Å². The van der Waals surface area contributed by atoms with Crippen molar-refractivity contribution in [3.05, 3.63) is 125 Å². The number of aryl methyl sites for hydroxylation is 2. The Hall–Kier alpha value is -4.95. The molecule has 0 spiro atoms. The monoisotopic (exact) mass is 606 g/mol. The van der Waals surface area contributed by atoms with Crippen LogP contribution in [-0.4, -0.2) is 47.9 Å². The van der Waals surface area contributed by atoms with Gasteiger partial charge < -0.3 is 25.2 Å². The molecule has 0 saturated carbocycles. The predicted octanol–water partition coefficient (Wildman–Crippen LogP) is 6.83. The molecular weight excluding hydrogens is 568 g/mol. The van der Waals surface area contributed by atoms with Gasteiger partial charge in [-0.3, -0.25) is 4.79 Å². The summed E-state index contributed by atoms with van der Waals surface area (Å²) < 4.78 is 11.6. The standard InChI is InChI=1S/C37H38N2O6/c1-37(2,3)45-23-33(39-36(43)44-22-31-29-17-9-7-15-27(29)28-16-8-10-18-30(28)31)34(40)38-32-19-11-5-13-25(32)21-20-24-12-4-6-14-26(24)35(41)42/h4-19,31,33H,20-23H2,1-3H3,(H,38,40)(H,39,43)(H,41,42)/t33-/m0/s1. The number of carboxylic acids is 1. The number of ether oxygens (including phenoxy) is 2. The Labute approximate surface area is 263 Å². The maximum Gasteiger partial charge on any atom is 0.407 e. The van der Waals surface area contributed by atoms with Crippen LogP contribution in [-0.2, 0) is 27.1 Å². The number of rotatable bonds is 11. The van der Waals surface area contributed by atoms with Crippen molar-refractivity contribution >= 4 is 23.7 Å². The van der Waals surface area contributed by atoms with E-state index in [9.17, 15) is 19.5 Å². The van der Waals surface area contributed by atoms with Gasteiger partial charge in [-0.2, -0.15) is 0 Å². The van der Waals surface area contributed by atoms with Crippen molar-refractivity contribution in [2.45, 2.75) is 51.2 Å². The van der Waals surface area contributed by atoms with Crippen molar-refractivity contribution in [1.82, 2.24) is 5.32 Å². The number of carbonyl (C=O) groups excluding carboxylic acids is 2. The van der Waals surface area contributed by atoms with E-state index in [4.69, 9.17) is 9.47 Å². The molecule has 1 atom stereocenters. The number of amides is 2. The minimum atomic E-state index is -1.03. The van der Waals surface area contributed by atoms with E-state index in [1.165, 1.54) is 0 Å². The number of carboxylic acid groups (broad SMARTS) is 1. The van der Waals surface area contributed by atoms with Gasteiger partial charge in [0.15, 0.2) is 0 Å². The van der Waals surface area contributed by atoms with Crippen LogP contribution in [0.15, 0.2) is 97.1 Å². The third-order valence-corrected chi connectivity index (χ3v) is 7.82. The second-order valence-electron chi connectivity index (χ2n) is 12.1. The van der Waals surface area contributed by atoms with Crippen LogP contribution in [0.5, 0.6) is 0 Å². The zero-order chi connectivity index (χ0) is 32.0. The van der Waals surface area contributed by atoms with Crippen LogP contribution >= 0.6 is 0 Å². The van der Waals surface area contributed by atoms with E-state index in [1.54, 1.807) is 24.3 Å². The first-order valence-corrected chi connectivity index (χ1v) is 15.1. The Kier molecular flexibility index (Phi) is 9.64. The molecule has 0 heterocycles. The van der Waals surface area contributed by atoms with Gasteiger partial charge in [0.05, 0.1) is 17.8 Å². The van der Waals surface area contributed by atoms with Crippen molar-refractivity contribution in [2.24, 2.45) is 0 Å². The minimum Gasteiger partial charge on any atom is -0.478 e. The first-order chi connectivity index (χ1) is 21.6. The fourth-order valence-electron chi connectivity index (χ4n) is 5.59. The van der Waals surface area contributed by atoms with Crippen LogP contribution in [0.2, 0.25) is 0 Å². The molecule has 4 aromatic rings. The van der Waals surface area contributed by atoms with Crippen LogP contribution < -0.4 is 10.6 Å². The van der Waals surface area contributed by atoms with Gasteiger partial charge in [-0.1, -0.05) is 84.9 Å². The number of para-hydroxylation sites is 1. The van der Waals surface area contributed by atoms with E-state index in [0.717, 1.165) is 27.8 Å². The molecule has 4 aromatic carbocycles. The summed E-state index contributed by atoms with van der Waals surface area (Å²) in [6.45, 7) is 5.68. The third-order valence-electron chi connectivity index (χ3n) is 7.82. The molecule has 0 radical (unpaired) electrons. The lowest BCUT2D eigenvalue weighted by molar-refractivity contribution is -0.121. The van der Waals surface area contributed by atoms with Gasteiger partial charge in [0.2, 0.25) is 5.91 Å². The summed E-state index contributed by atoms with van der Waals surface area (Å²) in [5, 5.41) is 15.2.